The van der Waals surface area contributed by atoms with Crippen molar-refractivity contribution in [3.05, 3.63) is 36.6 Å². The Labute approximate surface area is 250 Å². The van der Waals surface area contributed by atoms with Gasteiger partial charge in [-0.25, -0.2) is 14.4 Å². The summed E-state index contributed by atoms with van der Waals surface area (Å²) in [5, 5.41) is 22.4. The van der Waals surface area contributed by atoms with Crippen LogP contribution in [0, 0.1) is 11.3 Å². The monoisotopic (exact) mass is 598 g/mol. The molecule has 43 heavy (non-hydrogen) atoms. The van der Waals surface area contributed by atoms with Gasteiger partial charge in [-0.15, -0.1) is 0 Å². The summed E-state index contributed by atoms with van der Waals surface area (Å²) >= 11 is 0. The van der Waals surface area contributed by atoms with Crippen LogP contribution >= 0.6 is 0 Å². The molecule has 1 aromatic heterocycles. The van der Waals surface area contributed by atoms with Gasteiger partial charge in [0.15, 0.2) is 12.2 Å². The molecule has 0 aromatic carbocycles. The van der Waals surface area contributed by atoms with Crippen molar-refractivity contribution < 1.29 is 28.5 Å². The van der Waals surface area contributed by atoms with Gasteiger partial charge in [-0.1, -0.05) is 12.7 Å². The molecule has 232 valence electrons. The summed E-state index contributed by atoms with van der Waals surface area (Å²) < 4.78 is 31.8. The highest BCUT2D eigenvalue weighted by atomic mass is 19.1. The van der Waals surface area contributed by atoms with Crippen LogP contribution in [0.25, 0.3) is 0 Å². The molecule has 0 spiro atoms. The van der Waals surface area contributed by atoms with E-state index in [9.17, 15) is 19.6 Å². The number of guanidine groups is 1. The van der Waals surface area contributed by atoms with Gasteiger partial charge in [0.1, 0.15) is 29.5 Å². The van der Waals surface area contributed by atoms with Gasteiger partial charge in [0, 0.05) is 39.1 Å². The fourth-order valence-corrected chi connectivity index (χ4v) is 5.13. The molecule has 3 saturated heterocycles. The average molecular weight is 599 g/mol. The Kier molecular flexibility index (Phi) is 11.0. The third-order valence-corrected chi connectivity index (χ3v) is 7.58. The second-order valence-corrected chi connectivity index (χ2v) is 10.4. The summed E-state index contributed by atoms with van der Waals surface area (Å²) in [6.45, 7) is 13.6. The summed E-state index contributed by atoms with van der Waals surface area (Å²) in [4.78, 5) is 30.8. The van der Waals surface area contributed by atoms with Gasteiger partial charge >= 0.3 is 0 Å². The number of nitrogens with zero attached hydrogens (tertiary/aromatic N) is 7. The smallest absolute Gasteiger partial charge is 0.251 e. The number of likely N-dealkylation sites (tertiary alicyclic amines) is 1. The zero-order valence-corrected chi connectivity index (χ0v) is 24.6. The van der Waals surface area contributed by atoms with E-state index in [0.717, 1.165) is 45.1 Å². The van der Waals surface area contributed by atoms with E-state index in [1.165, 1.54) is 24.0 Å². The fourth-order valence-electron chi connectivity index (χ4n) is 5.13. The van der Waals surface area contributed by atoms with Crippen molar-refractivity contribution in [2.45, 2.75) is 43.8 Å². The van der Waals surface area contributed by atoms with Crippen LogP contribution in [0.3, 0.4) is 0 Å². The minimum absolute atomic E-state index is 0.00195. The topological polar surface area (TPSA) is 148 Å². The van der Waals surface area contributed by atoms with Crippen molar-refractivity contribution in [3.63, 3.8) is 0 Å². The number of halogens is 1. The van der Waals surface area contributed by atoms with Crippen LogP contribution in [0.5, 0.6) is 5.88 Å². The molecular formula is C29H39FN8O5. The number of piperidine rings is 1. The summed E-state index contributed by atoms with van der Waals surface area (Å²) in [6, 6.07) is 5.01. The van der Waals surface area contributed by atoms with E-state index >= 15 is 0 Å². The first kappa shape index (κ1) is 31.9. The molecule has 1 aromatic rings. The molecule has 14 heteroatoms. The highest BCUT2D eigenvalue weighted by Gasteiger charge is 2.35. The molecule has 13 nitrogen and oxygen atoms in total. The lowest BCUT2D eigenvalue weighted by Gasteiger charge is -2.43. The van der Waals surface area contributed by atoms with Crippen molar-refractivity contribution in [1.29, 1.82) is 5.26 Å². The minimum atomic E-state index is -1.53. The summed E-state index contributed by atoms with van der Waals surface area (Å²) in [5.74, 6) is 0.323. The molecule has 0 radical (unpaired) electrons. The lowest BCUT2D eigenvalue weighted by atomic mass is 10.0. The van der Waals surface area contributed by atoms with E-state index in [2.05, 4.69) is 43.4 Å². The molecule has 0 bridgehead atoms. The highest BCUT2D eigenvalue weighted by Crippen LogP contribution is 2.30. The fraction of sp³-hybridized carbons (Fsp3) is 0.552. The Hall–Kier alpha value is -4.06. The predicted molar refractivity (Wildman–Crippen MR) is 160 cm³/mol. The number of hydrogen-bond donors (Lipinski definition) is 2. The number of pyridine rings is 1. The largest absolute Gasteiger partial charge is 0.488 e. The zero-order valence-electron chi connectivity index (χ0n) is 24.6. The van der Waals surface area contributed by atoms with Gasteiger partial charge in [0.25, 0.3) is 5.91 Å². The number of rotatable bonds is 10. The minimum Gasteiger partial charge on any atom is -0.488 e. The normalized spacial score (nSPS) is 23.4. The Morgan fingerprint density at radius 3 is 2.63 bits per heavy atom. The Bertz CT molecular complexity index is 1260. The third kappa shape index (κ3) is 7.86. The van der Waals surface area contributed by atoms with Gasteiger partial charge in [-0.3, -0.25) is 9.69 Å². The van der Waals surface area contributed by atoms with Gasteiger partial charge in [-0.2, -0.15) is 10.2 Å². The highest BCUT2D eigenvalue weighted by molar-refractivity contribution is 5.96. The molecule has 4 atom stereocenters. The number of allylic oxidation sites excluding steroid dienone is 2. The van der Waals surface area contributed by atoms with E-state index in [0.29, 0.717) is 17.7 Å². The van der Waals surface area contributed by atoms with Gasteiger partial charge < -0.3 is 34.4 Å². The lowest BCUT2D eigenvalue weighted by molar-refractivity contribution is -0.144. The van der Waals surface area contributed by atoms with Crippen molar-refractivity contribution in [2.24, 2.45) is 9.98 Å². The molecule has 4 heterocycles. The van der Waals surface area contributed by atoms with Gasteiger partial charge in [0.05, 0.1) is 39.0 Å². The van der Waals surface area contributed by atoms with E-state index in [-0.39, 0.29) is 31.2 Å². The van der Waals surface area contributed by atoms with Crippen molar-refractivity contribution in [3.8, 4) is 11.9 Å². The number of nitrogens with one attached hydrogen (secondary N) is 1. The molecule has 2 N–H and O–H groups in total. The maximum Gasteiger partial charge on any atom is 0.251 e. The quantitative estimate of drug-likeness (QED) is 0.175. The third-order valence-electron chi connectivity index (χ3n) is 7.58. The van der Waals surface area contributed by atoms with E-state index in [4.69, 9.17) is 14.2 Å². The van der Waals surface area contributed by atoms with Crippen molar-refractivity contribution in [1.82, 2.24) is 14.8 Å². The molecule has 0 aliphatic carbocycles. The maximum absolute atomic E-state index is 15.0. The number of aromatic nitrogens is 1. The summed E-state index contributed by atoms with van der Waals surface area (Å²) in [6.07, 6.45) is -0.662. The molecule has 2 unspecified atom stereocenters. The van der Waals surface area contributed by atoms with Crippen LogP contribution in [-0.2, 0) is 14.3 Å². The molecule has 0 saturated carbocycles. The first-order valence-electron chi connectivity index (χ1n) is 14.2. The first-order chi connectivity index (χ1) is 20.8. The number of alkyl halides is 1. The standard InChI is InChI=1S/C29H39FN8O5/c1-5-6-25(43-24-9-10-38(16-21(24)30)28(40)19(2)39)22(15-31)33-29(32-3)35-26-8-7-23(27(34-26)41-4)37-13-11-36(12-14-37)20-17-42-18-20/h5-8,19-22,24,39H,1,3,9-14,16-18H2,2,4H3,(H,33,34,35)/b25-6+/t19?,21-,22?,24+/m1/s1. The Morgan fingerprint density at radius 1 is 1.33 bits per heavy atom. The molecule has 3 aliphatic heterocycles. The van der Waals surface area contributed by atoms with Gasteiger partial charge in [-0.05, 0) is 31.9 Å². The number of hydrogen-bond acceptors (Lipinski definition) is 10. The van der Waals surface area contributed by atoms with Crippen LogP contribution in [0.4, 0.5) is 15.9 Å². The number of ether oxygens (including phenoxy) is 3. The number of piperazine rings is 1. The lowest BCUT2D eigenvalue weighted by Crippen LogP contribution is -2.56. The van der Waals surface area contributed by atoms with Crippen LogP contribution in [0.1, 0.15) is 13.3 Å². The number of aliphatic imine (C=N–C) groups is 2. The number of nitriles is 1. The summed E-state index contributed by atoms with van der Waals surface area (Å²) in [7, 11) is 1.55. The van der Waals surface area contributed by atoms with Crippen LogP contribution < -0.4 is 15.0 Å². The molecule has 4 rings (SSSR count). The number of amides is 1. The second kappa shape index (κ2) is 14.9. The summed E-state index contributed by atoms with van der Waals surface area (Å²) in [5.41, 5.74) is 0.865. The van der Waals surface area contributed by atoms with Crippen molar-refractivity contribution >= 4 is 30.1 Å². The number of methoxy groups -OCH3 is 1. The SMILES string of the molecule is C=C/C=C(/O[C@H]1CCN(C(=O)C(C)O)C[C@H]1F)C(C#N)/N=C(\N=C)Nc1ccc(N2CCN(C3COC3)CC2)c(OC)n1. The molecule has 3 fully saturated rings. The predicted octanol–water partition coefficient (Wildman–Crippen LogP) is 1.38. The number of aliphatic hydroxyl groups is 1. The average Bonchev–Trinajstić information content (AvgIpc) is 2.99. The van der Waals surface area contributed by atoms with Gasteiger partial charge in [0.2, 0.25) is 11.8 Å². The van der Waals surface area contributed by atoms with Crippen LogP contribution in [0.2, 0.25) is 0 Å². The zero-order chi connectivity index (χ0) is 30.9. The van der Waals surface area contributed by atoms with E-state index in [1.807, 2.05) is 12.1 Å². The van der Waals surface area contributed by atoms with Crippen LogP contribution in [-0.4, -0.2) is 129 Å². The Morgan fingerprint density at radius 2 is 2.07 bits per heavy atom. The number of carbonyl (C=O) groups is 1. The molecule has 1 amide bonds. The second-order valence-electron chi connectivity index (χ2n) is 10.4. The maximum atomic E-state index is 15.0. The molecular weight excluding hydrogens is 559 g/mol. The molecule has 3 aliphatic rings. The number of anilines is 2. The number of aliphatic hydroxyl groups excluding tert-OH is 1. The Balaban J connectivity index is 1.42. The first-order valence-corrected chi connectivity index (χ1v) is 14.2. The van der Waals surface area contributed by atoms with E-state index < -0.39 is 30.3 Å². The van der Waals surface area contributed by atoms with Crippen LogP contribution in [0.15, 0.2) is 46.6 Å². The van der Waals surface area contributed by atoms with Crippen molar-refractivity contribution in [2.75, 3.05) is 69.8 Å². The van der Waals surface area contributed by atoms with E-state index in [1.54, 1.807) is 13.2 Å². The number of carbonyl (C=O) groups excluding carboxylic acids is 1.